The molecule has 0 saturated heterocycles. The Labute approximate surface area is 130 Å². The highest BCUT2D eigenvalue weighted by Gasteiger charge is 2.39. The molecule has 0 amide bonds. The van der Waals surface area contributed by atoms with Gasteiger partial charge in [0.2, 0.25) is 10.0 Å². The molecule has 0 bridgehead atoms. The topological polar surface area (TPSA) is 73.2 Å². The monoisotopic (exact) mass is 349 g/mol. The number of halogens is 3. The predicted molar refractivity (Wildman–Crippen MR) is 78.7 cm³/mol. The molecule has 0 saturated carbocycles. The van der Waals surface area contributed by atoms with E-state index in [4.69, 9.17) is 4.74 Å². The van der Waals surface area contributed by atoms with Crippen LogP contribution in [0.1, 0.15) is 5.69 Å². The Morgan fingerprint density at radius 2 is 1.78 bits per heavy atom. The van der Waals surface area contributed by atoms with Crippen molar-refractivity contribution in [1.29, 1.82) is 0 Å². The van der Waals surface area contributed by atoms with Gasteiger partial charge in [-0.05, 0) is 17.7 Å². The molecule has 1 heterocycles. The van der Waals surface area contributed by atoms with Crippen molar-refractivity contribution in [3.8, 4) is 16.9 Å². The lowest BCUT2D eigenvalue weighted by Crippen LogP contribution is -2.13. The number of aryl methyl sites for hydroxylation is 1. The number of nitrogens with one attached hydrogen (secondary N) is 1. The lowest BCUT2D eigenvalue weighted by atomic mass is 10.0. The van der Waals surface area contributed by atoms with Gasteiger partial charge in [-0.15, -0.1) is 0 Å². The zero-order valence-electron chi connectivity index (χ0n) is 12.5. The summed E-state index contributed by atoms with van der Waals surface area (Å²) < 4.78 is 70.5. The fourth-order valence-corrected chi connectivity index (χ4v) is 2.63. The number of methoxy groups -OCH3 is 1. The van der Waals surface area contributed by atoms with E-state index < -0.39 is 21.9 Å². The van der Waals surface area contributed by atoms with Gasteiger partial charge in [0.1, 0.15) is 11.6 Å². The third-order valence-corrected chi connectivity index (χ3v) is 3.54. The van der Waals surface area contributed by atoms with Crippen LogP contribution in [0, 0.1) is 0 Å². The normalized spacial score (nSPS) is 12.3. The molecule has 0 unspecified atom stereocenters. The number of hydrogen-bond donors (Lipinski definition) is 1. The molecule has 1 N–H and O–H groups in total. The number of rotatable bonds is 4. The van der Waals surface area contributed by atoms with Gasteiger partial charge in [0.25, 0.3) is 0 Å². The third-order valence-electron chi connectivity index (χ3n) is 2.98. The van der Waals surface area contributed by atoms with E-state index in [2.05, 4.69) is 9.82 Å². The van der Waals surface area contributed by atoms with Gasteiger partial charge in [-0.2, -0.15) is 18.3 Å². The molecule has 1 aromatic carbocycles. The van der Waals surface area contributed by atoms with E-state index >= 15 is 0 Å². The Hall–Kier alpha value is -2.23. The Balaban J connectivity index is 2.70. The van der Waals surface area contributed by atoms with Crippen molar-refractivity contribution in [3.63, 3.8) is 0 Å². The maximum Gasteiger partial charge on any atom is 0.435 e. The Bertz CT molecular complexity index is 811. The van der Waals surface area contributed by atoms with Crippen LogP contribution < -0.4 is 9.46 Å². The second kappa shape index (κ2) is 5.76. The van der Waals surface area contributed by atoms with Gasteiger partial charge in [0, 0.05) is 7.05 Å². The van der Waals surface area contributed by atoms with Crippen LogP contribution in [0.2, 0.25) is 0 Å². The minimum absolute atomic E-state index is 0.164. The maximum absolute atomic E-state index is 13.2. The van der Waals surface area contributed by atoms with Crippen molar-refractivity contribution in [2.45, 2.75) is 6.18 Å². The number of aromatic nitrogens is 2. The number of nitrogens with zero attached hydrogens (tertiary/aromatic N) is 2. The first kappa shape index (κ1) is 17.1. The summed E-state index contributed by atoms with van der Waals surface area (Å²) in [7, 11) is -1.12. The highest BCUT2D eigenvalue weighted by Crippen LogP contribution is 2.41. The van der Waals surface area contributed by atoms with Gasteiger partial charge in [0.15, 0.2) is 5.69 Å². The molecular weight excluding hydrogens is 335 g/mol. The second-order valence-electron chi connectivity index (χ2n) is 4.80. The highest BCUT2D eigenvalue weighted by molar-refractivity contribution is 7.92. The van der Waals surface area contributed by atoms with Crippen LogP contribution in [0.4, 0.5) is 19.0 Å². The summed E-state index contributed by atoms with van der Waals surface area (Å²) in [6, 6.07) is 5.76. The van der Waals surface area contributed by atoms with E-state index in [9.17, 15) is 21.6 Å². The fourth-order valence-electron chi connectivity index (χ4n) is 2.05. The molecule has 0 aliphatic rings. The molecule has 1 aromatic heterocycles. The van der Waals surface area contributed by atoms with E-state index in [0.717, 1.165) is 10.9 Å². The predicted octanol–water partition coefficient (Wildman–Crippen LogP) is 2.49. The molecule has 6 nitrogen and oxygen atoms in total. The van der Waals surface area contributed by atoms with Crippen LogP contribution in [0.15, 0.2) is 24.3 Å². The number of ether oxygens (including phenoxy) is 1. The van der Waals surface area contributed by atoms with E-state index in [1.54, 1.807) is 0 Å². The summed E-state index contributed by atoms with van der Waals surface area (Å²) in [6.07, 6.45) is -3.88. The molecule has 0 atom stereocenters. The van der Waals surface area contributed by atoms with Crippen molar-refractivity contribution in [2.75, 3.05) is 18.1 Å². The number of hydrogen-bond acceptors (Lipinski definition) is 4. The smallest absolute Gasteiger partial charge is 0.435 e. The molecule has 0 aliphatic heterocycles. The molecule has 0 fully saturated rings. The van der Waals surface area contributed by atoms with Crippen LogP contribution >= 0.6 is 0 Å². The minimum Gasteiger partial charge on any atom is -0.497 e. The Morgan fingerprint density at radius 1 is 1.22 bits per heavy atom. The number of anilines is 1. The minimum atomic E-state index is -4.73. The molecular formula is C13H14F3N3O3S. The third kappa shape index (κ3) is 3.76. The van der Waals surface area contributed by atoms with Crippen LogP contribution in [0.3, 0.4) is 0 Å². The largest absolute Gasteiger partial charge is 0.497 e. The molecule has 2 aromatic rings. The van der Waals surface area contributed by atoms with Crippen molar-refractivity contribution in [3.05, 3.63) is 30.0 Å². The highest BCUT2D eigenvalue weighted by atomic mass is 32.2. The summed E-state index contributed by atoms with van der Waals surface area (Å²) >= 11 is 0. The van der Waals surface area contributed by atoms with Gasteiger partial charge >= 0.3 is 6.18 Å². The molecule has 0 spiro atoms. The van der Waals surface area contributed by atoms with E-state index in [1.807, 2.05) is 0 Å². The molecule has 10 heteroatoms. The fraction of sp³-hybridized carbons (Fsp3) is 0.308. The SMILES string of the molecule is COc1ccc(-c2c(C(F)(F)F)nn(C)c2NS(C)(=O)=O)cc1. The van der Waals surface area contributed by atoms with E-state index in [0.29, 0.717) is 5.75 Å². The second-order valence-corrected chi connectivity index (χ2v) is 6.54. The summed E-state index contributed by atoms with van der Waals surface area (Å²) in [5.41, 5.74) is -1.35. The van der Waals surface area contributed by atoms with Crippen molar-refractivity contribution < 1.29 is 26.3 Å². The first-order valence-corrected chi connectivity index (χ1v) is 8.18. The number of alkyl halides is 3. The standard InChI is InChI=1S/C13H14F3N3O3S/c1-19-12(18-23(3,20)21)10(11(17-19)13(14,15)16)8-4-6-9(22-2)7-5-8/h4-7,18H,1-3H3. The van der Waals surface area contributed by atoms with Gasteiger partial charge in [0.05, 0.1) is 18.9 Å². The first-order valence-electron chi connectivity index (χ1n) is 6.29. The number of benzene rings is 1. The summed E-state index contributed by atoms with van der Waals surface area (Å²) in [6.45, 7) is 0. The molecule has 126 valence electrons. The van der Waals surface area contributed by atoms with E-state index in [-0.39, 0.29) is 16.9 Å². The van der Waals surface area contributed by atoms with E-state index in [1.165, 1.54) is 38.4 Å². The number of sulfonamides is 1. The van der Waals surface area contributed by atoms with Crippen LogP contribution in [-0.4, -0.2) is 31.6 Å². The van der Waals surface area contributed by atoms with Crippen molar-refractivity contribution in [1.82, 2.24) is 9.78 Å². The Morgan fingerprint density at radius 3 is 2.22 bits per heavy atom. The van der Waals surface area contributed by atoms with Crippen LogP contribution in [0.25, 0.3) is 11.1 Å². The lowest BCUT2D eigenvalue weighted by Gasteiger charge is -2.10. The van der Waals surface area contributed by atoms with Gasteiger partial charge in [-0.3, -0.25) is 9.40 Å². The molecule has 0 aliphatic carbocycles. The van der Waals surface area contributed by atoms with Gasteiger partial charge in [-0.1, -0.05) is 12.1 Å². The molecule has 0 radical (unpaired) electrons. The molecule has 2 rings (SSSR count). The van der Waals surface area contributed by atoms with Crippen LogP contribution in [0.5, 0.6) is 5.75 Å². The lowest BCUT2D eigenvalue weighted by molar-refractivity contribution is -0.140. The average Bonchev–Trinajstić information content (AvgIpc) is 2.74. The first-order chi connectivity index (χ1) is 10.5. The zero-order chi connectivity index (χ0) is 17.4. The van der Waals surface area contributed by atoms with Gasteiger partial charge < -0.3 is 4.74 Å². The van der Waals surface area contributed by atoms with Crippen LogP contribution in [-0.2, 0) is 23.2 Å². The Kier molecular flexibility index (Phi) is 4.29. The van der Waals surface area contributed by atoms with Crippen molar-refractivity contribution in [2.24, 2.45) is 7.05 Å². The van der Waals surface area contributed by atoms with Gasteiger partial charge in [-0.25, -0.2) is 8.42 Å². The zero-order valence-corrected chi connectivity index (χ0v) is 13.3. The quantitative estimate of drug-likeness (QED) is 0.920. The summed E-state index contributed by atoms with van der Waals surface area (Å²) in [4.78, 5) is 0. The molecule has 23 heavy (non-hydrogen) atoms. The average molecular weight is 349 g/mol. The maximum atomic E-state index is 13.2. The summed E-state index contributed by atoms with van der Waals surface area (Å²) in [5.74, 6) is 0.203. The van der Waals surface area contributed by atoms with Crippen molar-refractivity contribution >= 4 is 15.8 Å². The summed E-state index contributed by atoms with van der Waals surface area (Å²) in [5, 5.41) is 3.42.